The number of amides is 2. The first-order valence-corrected chi connectivity index (χ1v) is 8.21. The number of fused-ring (bicyclic) bond motifs is 1. The lowest BCUT2D eigenvalue weighted by Crippen LogP contribution is -2.54. The minimum atomic E-state index is -0.258. The van der Waals surface area contributed by atoms with E-state index >= 15 is 0 Å². The molecule has 2 amide bonds. The zero-order valence-corrected chi connectivity index (χ0v) is 14.2. The van der Waals surface area contributed by atoms with E-state index in [2.05, 4.69) is 13.8 Å². The molecule has 3 rings (SSSR count). The number of nitrogens with zero attached hydrogens (tertiary/aromatic N) is 1. The second kappa shape index (κ2) is 7.01. The number of carbonyl (C=O) groups excluding carboxylic acids is 2. The van der Waals surface area contributed by atoms with Gasteiger partial charge in [0.05, 0.1) is 36.5 Å². The monoisotopic (exact) mass is 333 g/mol. The average Bonchev–Trinajstić information content (AvgIpc) is 2.84. The van der Waals surface area contributed by atoms with Crippen LogP contribution >= 0.6 is 0 Å². The maximum Gasteiger partial charge on any atom is 0.261 e. The Morgan fingerprint density at radius 2 is 1.75 bits per heavy atom. The quantitative estimate of drug-likeness (QED) is 0.468. The van der Waals surface area contributed by atoms with Gasteiger partial charge in [-0.05, 0) is 24.0 Å². The van der Waals surface area contributed by atoms with Crippen LogP contribution in [0.5, 0.6) is 0 Å². The summed E-state index contributed by atoms with van der Waals surface area (Å²) >= 11 is 0. The van der Waals surface area contributed by atoms with Gasteiger partial charge in [0.25, 0.3) is 11.8 Å². The number of hydrogen-bond acceptors (Lipinski definition) is 5. The van der Waals surface area contributed by atoms with Gasteiger partial charge in [0.2, 0.25) is 0 Å². The van der Waals surface area contributed by atoms with E-state index in [1.165, 1.54) is 4.90 Å². The Morgan fingerprint density at radius 1 is 1.12 bits per heavy atom. The lowest BCUT2D eigenvalue weighted by molar-refractivity contribution is -0.134. The first-order valence-electron chi connectivity index (χ1n) is 8.21. The van der Waals surface area contributed by atoms with Crippen LogP contribution in [0.25, 0.3) is 0 Å². The van der Waals surface area contributed by atoms with Crippen LogP contribution in [0.15, 0.2) is 24.3 Å². The van der Waals surface area contributed by atoms with Crippen molar-refractivity contribution in [3.05, 3.63) is 35.4 Å². The second-order valence-corrected chi connectivity index (χ2v) is 6.46. The van der Waals surface area contributed by atoms with Crippen molar-refractivity contribution in [2.45, 2.75) is 26.0 Å². The molecule has 4 atom stereocenters. The summed E-state index contributed by atoms with van der Waals surface area (Å²) in [6.45, 7) is 5.12. The van der Waals surface area contributed by atoms with Gasteiger partial charge < -0.3 is 14.2 Å². The summed E-state index contributed by atoms with van der Waals surface area (Å²) in [7, 11) is 1.58. The number of imide groups is 1. The highest BCUT2D eigenvalue weighted by Gasteiger charge is 2.46. The van der Waals surface area contributed by atoms with Crippen molar-refractivity contribution in [1.29, 1.82) is 0 Å². The van der Waals surface area contributed by atoms with Crippen LogP contribution in [0.4, 0.5) is 0 Å². The SMILES string of the molecule is COCOC[C@H]1OC[C@H](N2C(=O)c3ccccc3C2=O)[C@@H](C)[C@H]1C. The highest BCUT2D eigenvalue weighted by atomic mass is 16.7. The van der Waals surface area contributed by atoms with Crippen molar-refractivity contribution in [2.75, 3.05) is 27.1 Å². The van der Waals surface area contributed by atoms with Gasteiger partial charge in [-0.2, -0.15) is 0 Å². The predicted molar refractivity (Wildman–Crippen MR) is 86.6 cm³/mol. The van der Waals surface area contributed by atoms with Crippen LogP contribution in [0.3, 0.4) is 0 Å². The van der Waals surface area contributed by atoms with E-state index in [-0.39, 0.29) is 42.6 Å². The third-order valence-corrected chi connectivity index (χ3v) is 5.14. The van der Waals surface area contributed by atoms with E-state index in [0.717, 1.165) is 0 Å². The molecule has 6 nitrogen and oxygen atoms in total. The molecule has 0 aromatic heterocycles. The van der Waals surface area contributed by atoms with Gasteiger partial charge in [0.1, 0.15) is 6.79 Å². The molecule has 1 fully saturated rings. The lowest BCUT2D eigenvalue weighted by atomic mass is 9.82. The van der Waals surface area contributed by atoms with Gasteiger partial charge in [-0.3, -0.25) is 14.5 Å². The van der Waals surface area contributed by atoms with E-state index < -0.39 is 0 Å². The summed E-state index contributed by atoms with van der Waals surface area (Å²) in [5.41, 5.74) is 0.959. The third kappa shape index (κ3) is 2.85. The maximum absolute atomic E-state index is 12.7. The molecule has 6 heteroatoms. The Hall–Kier alpha value is -1.76. The number of carbonyl (C=O) groups is 2. The van der Waals surface area contributed by atoms with E-state index in [4.69, 9.17) is 14.2 Å². The first kappa shape index (κ1) is 17.1. The summed E-state index contributed by atoms with van der Waals surface area (Å²) in [4.78, 5) is 26.7. The minimum Gasteiger partial charge on any atom is -0.373 e. The van der Waals surface area contributed by atoms with Gasteiger partial charge in [0.15, 0.2) is 0 Å². The maximum atomic E-state index is 12.7. The largest absolute Gasteiger partial charge is 0.373 e. The fourth-order valence-electron chi connectivity index (χ4n) is 3.48. The predicted octanol–water partition coefficient (Wildman–Crippen LogP) is 1.94. The summed E-state index contributed by atoms with van der Waals surface area (Å²) in [5, 5.41) is 0. The molecule has 1 saturated heterocycles. The van der Waals surface area contributed by atoms with Gasteiger partial charge in [-0.25, -0.2) is 0 Å². The first-order chi connectivity index (χ1) is 11.6. The highest BCUT2D eigenvalue weighted by molar-refractivity contribution is 6.21. The normalized spacial score (nSPS) is 29.9. The van der Waals surface area contributed by atoms with E-state index in [1.807, 2.05) is 0 Å². The fourth-order valence-corrected chi connectivity index (χ4v) is 3.48. The summed E-state index contributed by atoms with van der Waals surface area (Å²) in [6, 6.07) is 6.70. The van der Waals surface area contributed by atoms with Gasteiger partial charge in [0, 0.05) is 7.11 Å². The summed E-state index contributed by atoms with van der Waals surface area (Å²) < 4.78 is 16.2. The van der Waals surface area contributed by atoms with Crippen molar-refractivity contribution >= 4 is 11.8 Å². The third-order valence-electron chi connectivity index (χ3n) is 5.14. The topological polar surface area (TPSA) is 65.1 Å². The van der Waals surface area contributed by atoms with Gasteiger partial charge in [-0.15, -0.1) is 0 Å². The smallest absolute Gasteiger partial charge is 0.261 e. The Labute approximate surface area is 141 Å². The standard InChI is InChI=1S/C18H23NO5/c1-11-12(2)16(9-23-10-22-3)24-8-15(11)19-17(20)13-6-4-5-7-14(13)18(19)21/h4-7,11-12,15-16H,8-10H2,1-3H3/t11-,12+,15-,16+/m0/s1. The number of rotatable bonds is 5. The fraction of sp³-hybridized carbons (Fsp3) is 0.556. The summed E-state index contributed by atoms with van der Waals surface area (Å²) in [6.07, 6.45) is -0.0680. The van der Waals surface area contributed by atoms with Gasteiger partial charge in [-0.1, -0.05) is 26.0 Å². The average molecular weight is 333 g/mol. The second-order valence-electron chi connectivity index (χ2n) is 6.46. The van der Waals surface area contributed by atoms with Crippen molar-refractivity contribution in [3.63, 3.8) is 0 Å². The Balaban J connectivity index is 1.73. The molecule has 0 bridgehead atoms. The molecule has 130 valence electrons. The molecule has 0 spiro atoms. The molecular weight excluding hydrogens is 310 g/mol. The molecule has 0 N–H and O–H groups in total. The minimum absolute atomic E-state index is 0.0680. The van der Waals surface area contributed by atoms with E-state index in [9.17, 15) is 9.59 Å². The van der Waals surface area contributed by atoms with Crippen LogP contribution < -0.4 is 0 Å². The Morgan fingerprint density at radius 3 is 2.33 bits per heavy atom. The van der Waals surface area contributed by atoms with Crippen LogP contribution in [0, 0.1) is 11.8 Å². The number of hydrogen-bond donors (Lipinski definition) is 0. The Kier molecular flexibility index (Phi) is 4.99. The molecule has 24 heavy (non-hydrogen) atoms. The lowest BCUT2D eigenvalue weighted by Gasteiger charge is -2.42. The van der Waals surface area contributed by atoms with Crippen LogP contribution in [-0.4, -0.2) is 56.0 Å². The molecule has 0 saturated carbocycles. The van der Waals surface area contributed by atoms with Crippen LogP contribution in [-0.2, 0) is 14.2 Å². The van der Waals surface area contributed by atoms with E-state index in [0.29, 0.717) is 24.3 Å². The summed E-state index contributed by atoms with van der Waals surface area (Å²) in [5.74, 6) is -0.170. The number of methoxy groups -OCH3 is 1. The van der Waals surface area contributed by atoms with Crippen molar-refractivity contribution in [1.82, 2.24) is 4.90 Å². The Bertz CT molecular complexity index is 597. The van der Waals surface area contributed by atoms with Crippen molar-refractivity contribution < 1.29 is 23.8 Å². The molecule has 2 heterocycles. The zero-order valence-electron chi connectivity index (χ0n) is 14.2. The molecule has 2 aliphatic rings. The zero-order chi connectivity index (χ0) is 17.3. The van der Waals surface area contributed by atoms with E-state index in [1.54, 1.807) is 31.4 Å². The molecule has 1 aromatic carbocycles. The van der Waals surface area contributed by atoms with Gasteiger partial charge >= 0.3 is 0 Å². The molecule has 2 aliphatic heterocycles. The molecular formula is C18H23NO5. The van der Waals surface area contributed by atoms with Crippen LogP contribution in [0.2, 0.25) is 0 Å². The van der Waals surface area contributed by atoms with Crippen molar-refractivity contribution in [2.24, 2.45) is 11.8 Å². The molecule has 0 aliphatic carbocycles. The molecule has 0 radical (unpaired) electrons. The number of benzene rings is 1. The van der Waals surface area contributed by atoms with Crippen LogP contribution in [0.1, 0.15) is 34.6 Å². The molecule has 0 unspecified atom stereocenters. The highest BCUT2D eigenvalue weighted by Crippen LogP contribution is 2.34. The van der Waals surface area contributed by atoms with Crippen molar-refractivity contribution in [3.8, 4) is 0 Å². The molecule has 1 aromatic rings. The number of ether oxygens (including phenoxy) is 3.